The summed E-state index contributed by atoms with van der Waals surface area (Å²) < 4.78 is 48.1. The van der Waals surface area contributed by atoms with Crippen LogP contribution in [0.3, 0.4) is 0 Å². The van der Waals surface area contributed by atoms with Crippen molar-refractivity contribution in [3.63, 3.8) is 0 Å². The van der Waals surface area contributed by atoms with Gasteiger partial charge in [0, 0.05) is 48.9 Å². The molecule has 4 rings (SSSR count). The summed E-state index contributed by atoms with van der Waals surface area (Å²) in [6, 6.07) is 10.2. The maximum Gasteiger partial charge on any atom is 0.264 e. The van der Waals surface area contributed by atoms with E-state index in [9.17, 15) is 17.6 Å². The summed E-state index contributed by atoms with van der Waals surface area (Å²) in [6.07, 6.45) is 0. The Hall–Kier alpha value is -2.33. The molecule has 3 aromatic rings. The molecule has 9 heteroatoms. The largest absolute Gasteiger partial charge is 0.380 e. The molecule has 1 saturated heterocycles. The number of fused-ring (bicyclic) bond motifs is 1. The molecular weight excluding hydrogens is 451 g/mol. The SMILES string of the molecule is COCc1c(C(=O)N2CCN(S(=O)(=O)c3cc(C)ccc3C)CC2)sc2cccc(F)c12. The maximum absolute atomic E-state index is 14.4. The highest BCUT2D eigenvalue weighted by atomic mass is 32.2. The zero-order valence-electron chi connectivity index (χ0n) is 18.2. The molecule has 1 aliphatic rings. The fourth-order valence-electron chi connectivity index (χ4n) is 4.02. The summed E-state index contributed by atoms with van der Waals surface area (Å²) >= 11 is 1.24. The van der Waals surface area contributed by atoms with Crippen LogP contribution in [-0.4, -0.2) is 56.8 Å². The number of ether oxygens (including phenoxy) is 1. The summed E-state index contributed by atoms with van der Waals surface area (Å²) in [5, 5.41) is 0.416. The molecule has 0 unspecified atom stereocenters. The van der Waals surface area contributed by atoms with Gasteiger partial charge in [-0.15, -0.1) is 11.3 Å². The lowest BCUT2D eigenvalue weighted by molar-refractivity contribution is 0.0698. The van der Waals surface area contributed by atoms with E-state index in [1.54, 1.807) is 36.1 Å². The van der Waals surface area contributed by atoms with E-state index in [1.165, 1.54) is 28.8 Å². The van der Waals surface area contributed by atoms with Crippen LogP contribution in [0.4, 0.5) is 4.39 Å². The molecule has 1 aromatic heterocycles. The lowest BCUT2D eigenvalue weighted by Crippen LogP contribution is -2.50. The minimum Gasteiger partial charge on any atom is -0.380 e. The first kappa shape index (κ1) is 22.8. The van der Waals surface area contributed by atoms with Crippen LogP contribution in [-0.2, 0) is 21.4 Å². The average molecular weight is 477 g/mol. The fraction of sp³-hybridized carbons (Fsp3) is 0.348. The van der Waals surface area contributed by atoms with Crippen LogP contribution in [0.25, 0.3) is 10.1 Å². The number of sulfonamides is 1. The van der Waals surface area contributed by atoms with Crippen molar-refractivity contribution < 1.29 is 22.3 Å². The van der Waals surface area contributed by atoms with Gasteiger partial charge in [0.15, 0.2) is 0 Å². The van der Waals surface area contributed by atoms with Crippen molar-refractivity contribution in [1.82, 2.24) is 9.21 Å². The number of nitrogens with zero attached hydrogens (tertiary/aromatic N) is 2. The Balaban J connectivity index is 1.56. The van der Waals surface area contributed by atoms with Gasteiger partial charge in [-0.3, -0.25) is 4.79 Å². The summed E-state index contributed by atoms with van der Waals surface area (Å²) in [4.78, 5) is 15.7. The van der Waals surface area contributed by atoms with E-state index in [2.05, 4.69) is 0 Å². The molecule has 1 amide bonds. The van der Waals surface area contributed by atoms with E-state index < -0.39 is 10.0 Å². The van der Waals surface area contributed by atoms with Crippen LogP contribution in [0.1, 0.15) is 26.4 Å². The third kappa shape index (κ3) is 4.05. The van der Waals surface area contributed by atoms with Crippen molar-refractivity contribution in [3.8, 4) is 0 Å². The van der Waals surface area contributed by atoms with Gasteiger partial charge in [0.25, 0.3) is 5.91 Å². The summed E-state index contributed by atoms with van der Waals surface area (Å²) in [7, 11) is -2.13. The van der Waals surface area contributed by atoms with Gasteiger partial charge in [0.1, 0.15) is 5.82 Å². The third-order valence-electron chi connectivity index (χ3n) is 5.73. The van der Waals surface area contributed by atoms with Crippen LogP contribution in [0.2, 0.25) is 0 Å². The number of piperazine rings is 1. The molecule has 2 aromatic carbocycles. The van der Waals surface area contributed by atoms with Crippen LogP contribution < -0.4 is 0 Å². The van der Waals surface area contributed by atoms with Gasteiger partial charge in [-0.25, -0.2) is 12.8 Å². The predicted molar refractivity (Wildman–Crippen MR) is 123 cm³/mol. The number of benzene rings is 2. The molecule has 0 saturated carbocycles. The first-order chi connectivity index (χ1) is 15.2. The van der Waals surface area contributed by atoms with Crippen LogP contribution in [0, 0.1) is 19.7 Å². The van der Waals surface area contributed by atoms with Gasteiger partial charge in [0.2, 0.25) is 10.0 Å². The molecule has 1 fully saturated rings. The number of thiophene rings is 1. The van der Waals surface area contributed by atoms with Crippen molar-refractivity contribution in [2.75, 3.05) is 33.3 Å². The monoisotopic (exact) mass is 476 g/mol. The summed E-state index contributed by atoms with van der Waals surface area (Å²) in [6.45, 7) is 4.73. The van der Waals surface area contributed by atoms with Crippen molar-refractivity contribution in [2.45, 2.75) is 25.3 Å². The van der Waals surface area contributed by atoms with E-state index in [1.807, 2.05) is 13.0 Å². The number of methoxy groups -OCH3 is 1. The van der Waals surface area contributed by atoms with E-state index in [4.69, 9.17) is 4.74 Å². The van der Waals surface area contributed by atoms with Crippen molar-refractivity contribution in [3.05, 3.63) is 63.8 Å². The van der Waals surface area contributed by atoms with Crippen LogP contribution >= 0.6 is 11.3 Å². The Bertz CT molecular complexity index is 1280. The highest BCUT2D eigenvalue weighted by Gasteiger charge is 2.33. The lowest BCUT2D eigenvalue weighted by atomic mass is 10.1. The highest BCUT2D eigenvalue weighted by Crippen LogP contribution is 2.35. The minimum atomic E-state index is -3.64. The normalized spacial score (nSPS) is 15.4. The first-order valence-electron chi connectivity index (χ1n) is 10.3. The van der Waals surface area contributed by atoms with Gasteiger partial charge in [-0.2, -0.15) is 4.31 Å². The molecule has 0 aliphatic carbocycles. The molecule has 0 N–H and O–H groups in total. The van der Waals surface area contributed by atoms with E-state index in [0.717, 1.165) is 5.56 Å². The third-order valence-corrected chi connectivity index (χ3v) is 8.96. The molecule has 6 nitrogen and oxygen atoms in total. The van der Waals surface area contributed by atoms with Crippen molar-refractivity contribution in [2.24, 2.45) is 0 Å². The molecular formula is C23H25FN2O4S2. The summed E-state index contributed by atoms with van der Waals surface area (Å²) in [5.74, 6) is -0.601. The second kappa shape index (κ2) is 8.90. The van der Waals surface area contributed by atoms with Gasteiger partial charge >= 0.3 is 0 Å². The first-order valence-corrected chi connectivity index (χ1v) is 12.5. The quantitative estimate of drug-likeness (QED) is 0.559. The Morgan fingerprint density at radius 2 is 1.84 bits per heavy atom. The molecule has 2 heterocycles. The van der Waals surface area contributed by atoms with E-state index in [0.29, 0.717) is 31.0 Å². The van der Waals surface area contributed by atoms with E-state index >= 15 is 0 Å². The van der Waals surface area contributed by atoms with Gasteiger partial charge in [-0.05, 0) is 43.2 Å². The highest BCUT2D eigenvalue weighted by molar-refractivity contribution is 7.89. The molecule has 0 bridgehead atoms. The average Bonchev–Trinajstić information content (AvgIpc) is 3.15. The number of hydrogen-bond donors (Lipinski definition) is 0. The Morgan fingerprint density at radius 3 is 2.53 bits per heavy atom. The van der Waals surface area contributed by atoms with Gasteiger partial charge in [0.05, 0.1) is 16.4 Å². The molecule has 170 valence electrons. The predicted octanol–water partition coefficient (Wildman–Crippen LogP) is 3.95. The molecule has 0 atom stereocenters. The topological polar surface area (TPSA) is 66.9 Å². The van der Waals surface area contributed by atoms with Crippen LogP contribution in [0.5, 0.6) is 0 Å². The zero-order chi connectivity index (χ0) is 23.0. The molecule has 1 aliphatic heterocycles. The maximum atomic E-state index is 14.4. The second-order valence-corrected chi connectivity index (χ2v) is 10.9. The van der Waals surface area contributed by atoms with Crippen LogP contribution in [0.15, 0.2) is 41.3 Å². The van der Waals surface area contributed by atoms with Gasteiger partial charge in [-0.1, -0.05) is 18.2 Å². The minimum absolute atomic E-state index is 0.128. The Kier molecular flexibility index (Phi) is 6.35. The van der Waals surface area contributed by atoms with Gasteiger partial charge < -0.3 is 9.64 Å². The smallest absolute Gasteiger partial charge is 0.264 e. The number of hydrogen-bond acceptors (Lipinski definition) is 5. The molecule has 32 heavy (non-hydrogen) atoms. The number of carbonyl (C=O) groups excluding carboxylic acids is 1. The van der Waals surface area contributed by atoms with E-state index in [-0.39, 0.29) is 44.5 Å². The number of halogens is 1. The standard InChI is InChI=1S/C23H25FN2O4S2/c1-15-7-8-16(2)20(13-15)32(28,29)26-11-9-25(10-12-26)23(27)22-17(14-30-3)21-18(24)5-4-6-19(21)31-22/h4-8,13H,9-12,14H2,1-3H3. The summed E-state index contributed by atoms with van der Waals surface area (Å²) in [5.41, 5.74) is 2.12. The number of amides is 1. The number of aryl methyl sites for hydroxylation is 2. The Morgan fingerprint density at radius 1 is 1.12 bits per heavy atom. The van der Waals surface area contributed by atoms with Crippen molar-refractivity contribution >= 4 is 37.4 Å². The number of rotatable bonds is 5. The molecule has 0 spiro atoms. The number of carbonyl (C=O) groups is 1. The zero-order valence-corrected chi connectivity index (χ0v) is 19.9. The van der Waals surface area contributed by atoms with Crippen molar-refractivity contribution in [1.29, 1.82) is 0 Å². The second-order valence-electron chi connectivity index (χ2n) is 7.92. The fourth-order valence-corrected chi connectivity index (χ4v) is 6.94. The lowest BCUT2D eigenvalue weighted by Gasteiger charge is -2.34. The Labute approximate surface area is 191 Å². The molecule has 0 radical (unpaired) electrons.